The monoisotopic (exact) mass is 374 g/mol. The van der Waals surface area contributed by atoms with Gasteiger partial charge in [-0.05, 0) is 25.3 Å². The maximum atomic E-state index is 12.2. The Morgan fingerprint density at radius 3 is 2.68 bits per heavy atom. The third kappa shape index (κ3) is 3.52. The van der Waals surface area contributed by atoms with Crippen LogP contribution in [0.15, 0.2) is 41.7 Å². The van der Waals surface area contributed by atoms with Gasteiger partial charge in [0.25, 0.3) is 0 Å². The second-order valence-electron chi connectivity index (χ2n) is 5.23. The Morgan fingerprint density at radius 1 is 1.28 bits per heavy atom. The van der Waals surface area contributed by atoms with Gasteiger partial charge in [0, 0.05) is 11.6 Å². The molecule has 0 saturated heterocycles. The number of hydrogen-bond donors (Lipinski definition) is 1. The van der Waals surface area contributed by atoms with Crippen LogP contribution in [0, 0.1) is 0 Å². The Bertz CT molecular complexity index is 937. The van der Waals surface area contributed by atoms with Crippen LogP contribution in [0.25, 0.3) is 10.9 Å². The maximum absolute atomic E-state index is 12.2. The summed E-state index contributed by atoms with van der Waals surface area (Å²) in [5.41, 5.74) is 7.32. The number of anilines is 1. The zero-order valence-corrected chi connectivity index (χ0v) is 15.1. The molecule has 1 atom stereocenters. The molecule has 3 rings (SSSR count). The molecule has 2 aromatic heterocycles. The highest BCUT2D eigenvalue weighted by molar-refractivity contribution is 7.98. The number of pyridine rings is 1. The fourth-order valence-electron chi connectivity index (χ4n) is 2.32. The third-order valence-electron chi connectivity index (χ3n) is 3.57. The molecule has 3 aromatic rings. The second kappa shape index (κ2) is 7.25. The summed E-state index contributed by atoms with van der Waals surface area (Å²) in [5.74, 6) is -0.242. The molecule has 2 heterocycles. The minimum absolute atomic E-state index is 0.217. The van der Waals surface area contributed by atoms with Gasteiger partial charge >= 0.3 is 5.97 Å². The molecule has 0 spiro atoms. The first-order chi connectivity index (χ1) is 12.0. The number of ether oxygens (including phenoxy) is 1. The lowest BCUT2D eigenvalue weighted by atomic mass is 10.2. The van der Waals surface area contributed by atoms with E-state index >= 15 is 0 Å². The highest BCUT2D eigenvalue weighted by Gasteiger charge is 2.21. The maximum Gasteiger partial charge on any atom is 0.338 e. The van der Waals surface area contributed by atoms with Crippen molar-refractivity contribution in [2.75, 3.05) is 12.0 Å². The van der Waals surface area contributed by atoms with Gasteiger partial charge in [-0.3, -0.25) is 0 Å². The molecule has 6 nitrogen and oxygen atoms in total. The molecule has 0 aliphatic heterocycles. The zero-order chi connectivity index (χ0) is 18.0. The molecule has 0 radical (unpaired) electrons. The van der Waals surface area contributed by atoms with Crippen LogP contribution in [0.2, 0.25) is 5.02 Å². The van der Waals surface area contributed by atoms with Gasteiger partial charge in [-0.2, -0.15) is 0 Å². The van der Waals surface area contributed by atoms with Crippen LogP contribution in [-0.4, -0.2) is 27.2 Å². The van der Waals surface area contributed by atoms with E-state index in [1.54, 1.807) is 37.4 Å². The number of nitrogen functional groups attached to an aromatic ring is 1. The van der Waals surface area contributed by atoms with Crippen molar-refractivity contribution in [2.24, 2.45) is 0 Å². The zero-order valence-electron chi connectivity index (χ0n) is 13.6. The lowest BCUT2D eigenvalue weighted by Gasteiger charge is -2.16. The first-order valence-corrected chi connectivity index (χ1v) is 9.03. The Hall–Kier alpha value is -2.38. The highest BCUT2D eigenvalue weighted by Crippen LogP contribution is 2.33. The summed E-state index contributed by atoms with van der Waals surface area (Å²) in [6, 6.07) is 8.71. The number of fused-ring (bicyclic) bond motifs is 1. The predicted octanol–water partition coefficient (Wildman–Crippen LogP) is 3.90. The van der Waals surface area contributed by atoms with E-state index < -0.39 is 12.1 Å². The summed E-state index contributed by atoms with van der Waals surface area (Å²) < 4.78 is 5.47. The van der Waals surface area contributed by atoms with Gasteiger partial charge in [-0.25, -0.2) is 19.7 Å². The molecule has 0 fully saturated rings. The van der Waals surface area contributed by atoms with Gasteiger partial charge in [0.1, 0.15) is 17.3 Å². The molecule has 0 aliphatic carbocycles. The quantitative estimate of drug-likeness (QED) is 0.420. The number of nitrogens with zero attached hydrogens (tertiary/aromatic N) is 3. The lowest BCUT2D eigenvalue weighted by molar-refractivity contribution is 0.0330. The average Bonchev–Trinajstić information content (AvgIpc) is 2.64. The average molecular weight is 375 g/mol. The molecule has 0 saturated carbocycles. The predicted molar refractivity (Wildman–Crippen MR) is 98.8 cm³/mol. The molecule has 128 valence electrons. The van der Waals surface area contributed by atoms with Gasteiger partial charge in [0.05, 0.1) is 10.6 Å². The van der Waals surface area contributed by atoms with Crippen LogP contribution < -0.4 is 5.73 Å². The Labute approximate surface area is 153 Å². The molecule has 0 aliphatic rings. The smallest absolute Gasteiger partial charge is 0.338 e. The normalized spacial score (nSPS) is 12.1. The van der Waals surface area contributed by atoms with Crippen molar-refractivity contribution in [3.63, 3.8) is 0 Å². The van der Waals surface area contributed by atoms with Crippen LogP contribution in [-0.2, 0) is 4.74 Å². The van der Waals surface area contributed by atoms with E-state index in [1.165, 1.54) is 11.8 Å². The number of carbonyl (C=O) groups is 1. The summed E-state index contributed by atoms with van der Waals surface area (Å²) in [6.45, 7) is 1.69. The van der Waals surface area contributed by atoms with Crippen molar-refractivity contribution in [2.45, 2.75) is 18.2 Å². The van der Waals surface area contributed by atoms with E-state index in [4.69, 9.17) is 22.1 Å². The van der Waals surface area contributed by atoms with Crippen LogP contribution in [0.5, 0.6) is 0 Å². The molecule has 2 N–H and O–H groups in total. The van der Waals surface area contributed by atoms with E-state index in [-0.39, 0.29) is 5.82 Å². The van der Waals surface area contributed by atoms with Crippen molar-refractivity contribution in [3.05, 3.63) is 52.8 Å². The van der Waals surface area contributed by atoms with E-state index in [2.05, 4.69) is 15.0 Å². The van der Waals surface area contributed by atoms with E-state index in [9.17, 15) is 4.79 Å². The number of carbonyl (C=O) groups excluding carboxylic acids is 1. The number of esters is 1. The summed E-state index contributed by atoms with van der Waals surface area (Å²) in [5, 5.41) is 1.48. The molecule has 25 heavy (non-hydrogen) atoms. The summed E-state index contributed by atoms with van der Waals surface area (Å²) in [7, 11) is 0. The highest BCUT2D eigenvalue weighted by atomic mass is 35.5. The second-order valence-corrected chi connectivity index (χ2v) is 6.38. The minimum Gasteiger partial charge on any atom is -0.452 e. The lowest BCUT2D eigenvalue weighted by Crippen LogP contribution is -2.12. The minimum atomic E-state index is -0.674. The number of aromatic nitrogens is 3. The fourth-order valence-corrected chi connectivity index (χ4v) is 2.99. The largest absolute Gasteiger partial charge is 0.452 e. The molecular weight excluding hydrogens is 360 g/mol. The van der Waals surface area contributed by atoms with E-state index in [0.29, 0.717) is 32.3 Å². The van der Waals surface area contributed by atoms with Crippen LogP contribution in [0.4, 0.5) is 5.82 Å². The van der Waals surface area contributed by atoms with Crippen molar-refractivity contribution in [1.82, 2.24) is 15.0 Å². The number of benzene rings is 1. The Balaban J connectivity index is 1.95. The summed E-state index contributed by atoms with van der Waals surface area (Å²) in [6.07, 6.45) is 2.79. The molecule has 0 bridgehead atoms. The van der Waals surface area contributed by atoms with Gasteiger partial charge in [-0.1, -0.05) is 41.6 Å². The van der Waals surface area contributed by atoms with Crippen molar-refractivity contribution in [1.29, 1.82) is 0 Å². The summed E-state index contributed by atoms with van der Waals surface area (Å²) in [4.78, 5) is 25.1. The third-order valence-corrected chi connectivity index (χ3v) is 4.53. The van der Waals surface area contributed by atoms with E-state index in [1.807, 2.05) is 12.3 Å². The van der Waals surface area contributed by atoms with Gasteiger partial charge < -0.3 is 10.5 Å². The van der Waals surface area contributed by atoms with Crippen molar-refractivity contribution >= 4 is 46.1 Å². The Kier molecular flexibility index (Phi) is 5.06. The first-order valence-electron chi connectivity index (χ1n) is 7.43. The SMILES string of the molecule is CSc1ncc2c(Cl)c(C(C)OC(=O)c3ccccc3)nc(N)c2n1. The van der Waals surface area contributed by atoms with Gasteiger partial charge in [0.15, 0.2) is 11.0 Å². The van der Waals surface area contributed by atoms with Crippen LogP contribution >= 0.6 is 23.4 Å². The first kappa shape index (κ1) is 17.4. The molecule has 1 unspecified atom stereocenters. The fraction of sp³-hybridized carbons (Fsp3) is 0.176. The van der Waals surface area contributed by atoms with Crippen molar-refractivity contribution < 1.29 is 9.53 Å². The number of thioether (sulfide) groups is 1. The van der Waals surface area contributed by atoms with E-state index in [0.717, 1.165) is 0 Å². The molecule has 8 heteroatoms. The molecule has 1 aromatic carbocycles. The summed E-state index contributed by atoms with van der Waals surface area (Å²) >= 11 is 7.83. The topological polar surface area (TPSA) is 91.0 Å². The van der Waals surface area contributed by atoms with Crippen LogP contribution in [0.1, 0.15) is 29.1 Å². The van der Waals surface area contributed by atoms with Gasteiger partial charge in [-0.15, -0.1) is 0 Å². The number of nitrogens with two attached hydrogens (primary N) is 1. The standard InChI is InChI=1S/C17H15ClN4O2S/c1-9(24-16(23)10-6-4-3-5-7-10)13-12(18)11-8-20-17(25-2)22-14(11)15(19)21-13/h3-9H,1-2H3,(H2,19,21). The number of rotatable bonds is 4. The Morgan fingerprint density at radius 2 is 2.00 bits per heavy atom. The van der Waals surface area contributed by atoms with Crippen molar-refractivity contribution in [3.8, 4) is 0 Å². The van der Waals surface area contributed by atoms with Crippen LogP contribution in [0.3, 0.4) is 0 Å². The number of halogens is 1. The van der Waals surface area contributed by atoms with Gasteiger partial charge in [0.2, 0.25) is 0 Å². The number of hydrogen-bond acceptors (Lipinski definition) is 7. The molecule has 0 amide bonds. The molecular formula is C17H15ClN4O2S.